The van der Waals surface area contributed by atoms with Crippen molar-refractivity contribution in [2.75, 3.05) is 0 Å². The summed E-state index contributed by atoms with van der Waals surface area (Å²) >= 11 is 0. The SMILES string of the molecule is CC(C)(C)C1(c2ccccc2F)CCCC1. The minimum absolute atomic E-state index is 0.0284. The highest BCUT2D eigenvalue weighted by atomic mass is 19.1. The van der Waals surface area contributed by atoms with Gasteiger partial charge in [-0.15, -0.1) is 0 Å². The lowest BCUT2D eigenvalue weighted by atomic mass is 9.61. The van der Waals surface area contributed by atoms with Crippen LogP contribution >= 0.6 is 0 Å². The van der Waals surface area contributed by atoms with Crippen molar-refractivity contribution in [3.63, 3.8) is 0 Å². The minimum atomic E-state index is -0.0284. The summed E-state index contributed by atoms with van der Waals surface area (Å²) in [5.74, 6) is -0.0284. The maximum absolute atomic E-state index is 14.0. The molecule has 1 aliphatic carbocycles. The zero-order chi connectivity index (χ0) is 11.8. The molecule has 0 N–H and O–H groups in total. The summed E-state index contributed by atoms with van der Waals surface area (Å²) in [6, 6.07) is 7.32. The van der Waals surface area contributed by atoms with Crippen LogP contribution in [0.4, 0.5) is 4.39 Å². The molecule has 0 radical (unpaired) electrons. The maximum Gasteiger partial charge on any atom is 0.126 e. The van der Waals surface area contributed by atoms with Crippen LogP contribution in [-0.2, 0) is 5.41 Å². The lowest BCUT2D eigenvalue weighted by molar-refractivity contribution is 0.181. The molecule has 1 fully saturated rings. The molecule has 1 saturated carbocycles. The Morgan fingerprint density at radius 2 is 1.62 bits per heavy atom. The van der Waals surface area contributed by atoms with E-state index in [1.165, 1.54) is 12.8 Å². The Morgan fingerprint density at radius 1 is 1.06 bits per heavy atom. The zero-order valence-corrected chi connectivity index (χ0v) is 10.5. The van der Waals surface area contributed by atoms with Gasteiger partial charge in [-0.05, 0) is 29.9 Å². The topological polar surface area (TPSA) is 0 Å². The van der Waals surface area contributed by atoms with E-state index in [1.54, 1.807) is 12.1 Å². The predicted molar refractivity (Wildman–Crippen MR) is 66.0 cm³/mol. The van der Waals surface area contributed by atoms with Crippen LogP contribution in [-0.4, -0.2) is 0 Å². The molecule has 2 rings (SSSR count). The van der Waals surface area contributed by atoms with Crippen molar-refractivity contribution >= 4 is 0 Å². The van der Waals surface area contributed by atoms with Gasteiger partial charge in [0.2, 0.25) is 0 Å². The normalized spacial score (nSPS) is 20.0. The van der Waals surface area contributed by atoms with Gasteiger partial charge < -0.3 is 0 Å². The molecular formula is C15H21F. The molecule has 16 heavy (non-hydrogen) atoms. The van der Waals surface area contributed by atoms with Gasteiger partial charge in [0.25, 0.3) is 0 Å². The van der Waals surface area contributed by atoms with Gasteiger partial charge in [-0.3, -0.25) is 0 Å². The minimum Gasteiger partial charge on any atom is -0.207 e. The van der Waals surface area contributed by atoms with Gasteiger partial charge in [-0.2, -0.15) is 0 Å². The third-order valence-corrected chi connectivity index (χ3v) is 4.28. The molecule has 0 aromatic heterocycles. The number of rotatable bonds is 1. The van der Waals surface area contributed by atoms with E-state index in [-0.39, 0.29) is 16.6 Å². The van der Waals surface area contributed by atoms with Crippen molar-refractivity contribution in [2.24, 2.45) is 5.41 Å². The monoisotopic (exact) mass is 220 g/mol. The fourth-order valence-corrected chi connectivity index (χ4v) is 3.25. The summed E-state index contributed by atoms with van der Waals surface area (Å²) in [6.07, 6.45) is 4.70. The first-order valence-electron chi connectivity index (χ1n) is 6.22. The maximum atomic E-state index is 14.0. The van der Waals surface area contributed by atoms with Crippen LogP contribution in [0.15, 0.2) is 24.3 Å². The molecule has 1 heteroatoms. The molecule has 0 spiro atoms. The Labute approximate surface area is 97.9 Å². The number of benzene rings is 1. The lowest BCUT2D eigenvalue weighted by Gasteiger charge is -2.42. The van der Waals surface area contributed by atoms with E-state index in [1.807, 2.05) is 12.1 Å². The van der Waals surface area contributed by atoms with Crippen molar-refractivity contribution in [3.05, 3.63) is 35.6 Å². The summed E-state index contributed by atoms with van der Waals surface area (Å²) in [5.41, 5.74) is 1.10. The van der Waals surface area contributed by atoms with Gasteiger partial charge in [0.15, 0.2) is 0 Å². The summed E-state index contributed by atoms with van der Waals surface area (Å²) < 4.78 is 14.0. The standard InChI is InChI=1S/C15H21F/c1-14(2,3)15(10-6-7-11-15)12-8-4-5-9-13(12)16/h4-5,8-9H,6-7,10-11H2,1-3H3. The third kappa shape index (κ3) is 1.66. The molecular weight excluding hydrogens is 199 g/mol. The second-order valence-corrected chi connectivity index (χ2v) is 6.02. The quantitative estimate of drug-likeness (QED) is 0.644. The van der Waals surface area contributed by atoms with E-state index in [4.69, 9.17) is 0 Å². The van der Waals surface area contributed by atoms with Crippen LogP contribution in [0.5, 0.6) is 0 Å². The van der Waals surface area contributed by atoms with Crippen molar-refractivity contribution in [1.29, 1.82) is 0 Å². The van der Waals surface area contributed by atoms with E-state index >= 15 is 0 Å². The third-order valence-electron chi connectivity index (χ3n) is 4.28. The van der Waals surface area contributed by atoms with Crippen molar-refractivity contribution in [3.8, 4) is 0 Å². The molecule has 1 aromatic rings. The van der Waals surface area contributed by atoms with Crippen LogP contribution in [0.25, 0.3) is 0 Å². The van der Waals surface area contributed by atoms with E-state index in [0.29, 0.717) is 0 Å². The lowest BCUT2D eigenvalue weighted by Crippen LogP contribution is -2.38. The number of hydrogen-bond donors (Lipinski definition) is 0. The van der Waals surface area contributed by atoms with Gasteiger partial charge in [0.05, 0.1) is 0 Å². The Kier molecular flexibility index (Phi) is 2.81. The largest absolute Gasteiger partial charge is 0.207 e. The van der Waals surface area contributed by atoms with Gasteiger partial charge in [0.1, 0.15) is 5.82 Å². The summed E-state index contributed by atoms with van der Waals surface area (Å²) in [7, 11) is 0. The Bertz CT molecular complexity index is 367. The van der Waals surface area contributed by atoms with Gasteiger partial charge in [0, 0.05) is 5.41 Å². The van der Waals surface area contributed by atoms with Crippen molar-refractivity contribution < 1.29 is 4.39 Å². The molecule has 0 atom stereocenters. The van der Waals surface area contributed by atoms with Crippen LogP contribution in [0, 0.1) is 11.2 Å². The molecule has 0 amide bonds. The fraction of sp³-hybridized carbons (Fsp3) is 0.600. The molecule has 0 nitrogen and oxygen atoms in total. The Hall–Kier alpha value is -0.850. The molecule has 88 valence electrons. The highest BCUT2D eigenvalue weighted by Gasteiger charge is 2.46. The van der Waals surface area contributed by atoms with E-state index in [9.17, 15) is 4.39 Å². The predicted octanol–water partition coefficient (Wildman–Crippen LogP) is 4.68. The highest BCUT2D eigenvalue weighted by Crippen LogP contribution is 2.53. The van der Waals surface area contributed by atoms with Crippen molar-refractivity contribution in [2.45, 2.75) is 51.9 Å². The zero-order valence-electron chi connectivity index (χ0n) is 10.5. The van der Waals surface area contributed by atoms with Crippen molar-refractivity contribution in [1.82, 2.24) is 0 Å². The van der Waals surface area contributed by atoms with E-state index in [2.05, 4.69) is 20.8 Å². The first kappa shape index (κ1) is 11.6. The van der Waals surface area contributed by atoms with Crippen LogP contribution < -0.4 is 0 Å². The summed E-state index contributed by atoms with van der Waals surface area (Å²) in [5, 5.41) is 0. The van der Waals surface area contributed by atoms with Crippen LogP contribution in [0.2, 0.25) is 0 Å². The van der Waals surface area contributed by atoms with Gasteiger partial charge >= 0.3 is 0 Å². The summed E-state index contributed by atoms with van der Waals surface area (Å²) in [4.78, 5) is 0. The molecule has 1 aliphatic rings. The Balaban J connectivity index is 2.53. The van der Waals surface area contributed by atoms with Crippen LogP contribution in [0.1, 0.15) is 52.0 Å². The van der Waals surface area contributed by atoms with Gasteiger partial charge in [-0.1, -0.05) is 51.8 Å². The average Bonchev–Trinajstić information content (AvgIpc) is 2.67. The first-order chi connectivity index (χ1) is 7.47. The molecule has 0 aliphatic heterocycles. The van der Waals surface area contributed by atoms with Crippen LogP contribution in [0.3, 0.4) is 0 Å². The molecule has 0 saturated heterocycles. The molecule has 0 heterocycles. The van der Waals surface area contributed by atoms with E-state index in [0.717, 1.165) is 18.4 Å². The number of hydrogen-bond acceptors (Lipinski definition) is 0. The average molecular weight is 220 g/mol. The van der Waals surface area contributed by atoms with Gasteiger partial charge in [-0.25, -0.2) is 4.39 Å². The Morgan fingerprint density at radius 3 is 2.12 bits per heavy atom. The van der Waals surface area contributed by atoms with E-state index < -0.39 is 0 Å². The first-order valence-corrected chi connectivity index (χ1v) is 6.22. The fourth-order valence-electron chi connectivity index (χ4n) is 3.25. The smallest absolute Gasteiger partial charge is 0.126 e. The highest BCUT2D eigenvalue weighted by molar-refractivity contribution is 5.30. The second-order valence-electron chi connectivity index (χ2n) is 6.02. The second kappa shape index (κ2) is 3.87. The molecule has 0 bridgehead atoms. The molecule has 1 aromatic carbocycles. The summed E-state index contributed by atoms with van der Waals surface area (Å²) in [6.45, 7) is 6.72. The molecule has 0 unspecified atom stereocenters. The number of halogens is 1.